The summed E-state index contributed by atoms with van der Waals surface area (Å²) in [6.45, 7) is 0. The molecule has 0 radical (unpaired) electrons. The molecule has 0 spiro atoms. The Morgan fingerprint density at radius 2 is 1.95 bits per heavy atom. The van der Waals surface area contributed by atoms with Gasteiger partial charge in [-0.1, -0.05) is 23.4 Å². The molecule has 116 valence electrons. The van der Waals surface area contributed by atoms with Gasteiger partial charge in [-0.05, 0) is 24.3 Å². The van der Waals surface area contributed by atoms with Gasteiger partial charge in [0.15, 0.2) is 5.16 Å². The van der Waals surface area contributed by atoms with E-state index in [-0.39, 0.29) is 16.5 Å². The number of amides is 1. The van der Waals surface area contributed by atoms with Crippen LogP contribution in [0.2, 0.25) is 5.02 Å². The molecule has 0 atom stereocenters. The highest BCUT2D eigenvalue weighted by atomic mass is 35.5. The summed E-state index contributed by atoms with van der Waals surface area (Å²) in [5, 5.41) is 2.53. The third kappa shape index (κ3) is 4.60. The number of hydrogen-bond acceptors (Lipinski definition) is 4. The zero-order valence-corrected chi connectivity index (χ0v) is 12.5. The second-order valence-corrected chi connectivity index (χ2v) is 5.43. The Morgan fingerprint density at radius 1 is 1.27 bits per heavy atom. The summed E-state index contributed by atoms with van der Waals surface area (Å²) in [6, 6.07) is 4.78. The van der Waals surface area contributed by atoms with Gasteiger partial charge in [0.05, 0.1) is 17.0 Å². The second-order valence-electron chi connectivity index (χ2n) is 4.06. The molecule has 0 saturated heterocycles. The van der Waals surface area contributed by atoms with E-state index in [2.05, 4.69) is 15.3 Å². The molecule has 0 unspecified atom stereocenters. The van der Waals surface area contributed by atoms with Crippen molar-refractivity contribution in [2.45, 2.75) is 11.3 Å². The smallest absolute Gasteiger partial charge is 0.325 e. The number of aromatic nitrogens is 2. The van der Waals surface area contributed by atoms with Crippen LogP contribution in [-0.4, -0.2) is 21.6 Å². The van der Waals surface area contributed by atoms with Gasteiger partial charge in [-0.2, -0.15) is 13.2 Å². The average Bonchev–Trinajstić information content (AvgIpc) is 2.47. The van der Waals surface area contributed by atoms with Crippen LogP contribution in [0.1, 0.15) is 5.56 Å². The molecule has 1 aromatic heterocycles. The van der Waals surface area contributed by atoms with Crippen LogP contribution < -0.4 is 5.32 Å². The molecule has 0 saturated carbocycles. The fourth-order valence-electron chi connectivity index (χ4n) is 1.54. The molecular weight excluding hydrogens is 339 g/mol. The highest BCUT2D eigenvalue weighted by molar-refractivity contribution is 7.99. The summed E-state index contributed by atoms with van der Waals surface area (Å²) < 4.78 is 38.7. The van der Waals surface area contributed by atoms with E-state index in [1.807, 2.05) is 0 Å². The average molecular weight is 348 g/mol. The molecule has 2 aromatic rings. The van der Waals surface area contributed by atoms with Crippen molar-refractivity contribution in [3.8, 4) is 0 Å². The molecule has 1 heterocycles. The number of alkyl halides is 3. The van der Waals surface area contributed by atoms with E-state index in [0.717, 1.165) is 23.9 Å². The predicted molar refractivity (Wildman–Crippen MR) is 77.8 cm³/mol. The summed E-state index contributed by atoms with van der Waals surface area (Å²) in [5.74, 6) is -0.700. The van der Waals surface area contributed by atoms with Crippen LogP contribution in [0, 0.1) is 0 Å². The molecule has 1 aromatic carbocycles. The van der Waals surface area contributed by atoms with Crippen molar-refractivity contribution in [1.82, 2.24) is 9.97 Å². The van der Waals surface area contributed by atoms with E-state index in [0.29, 0.717) is 5.16 Å². The lowest BCUT2D eigenvalue weighted by atomic mass is 10.1. The Hall–Kier alpha value is -1.80. The molecule has 4 nitrogen and oxygen atoms in total. The van der Waals surface area contributed by atoms with Gasteiger partial charge in [0.2, 0.25) is 5.91 Å². The SMILES string of the molecule is O=C(CSc1ncccn1)Nc1ccc(Cl)cc1C(F)(F)F. The minimum atomic E-state index is -4.61. The number of carbonyl (C=O) groups excluding carboxylic acids is 1. The summed E-state index contributed by atoms with van der Waals surface area (Å²) in [6.07, 6.45) is -1.59. The zero-order valence-electron chi connectivity index (χ0n) is 10.9. The van der Waals surface area contributed by atoms with E-state index in [1.165, 1.54) is 18.5 Å². The topological polar surface area (TPSA) is 54.9 Å². The van der Waals surface area contributed by atoms with Gasteiger partial charge in [0.25, 0.3) is 0 Å². The van der Waals surface area contributed by atoms with Crippen molar-refractivity contribution < 1.29 is 18.0 Å². The van der Waals surface area contributed by atoms with Crippen LogP contribution in [0.25, 0.3) is 0 Å². The maximum atomic E-state index is 12.9. The van der Waals surface area contributed by atoms with Crippen molar-refractivity contribution in [2.24, 2.45) is 0 Å². The van der Waals surface area contributed by atoms with Crippen molar-refractivity contribution in [3.63, 3.8) is 0 Å². The first-order valence-corrected chi connectivity index (χ1v) is 7.29. The maximum Gasteiger partial charge on any atom is 0.418 e. The normalized spacial score (nSPS) is 11.3. The van der Waals surface area contributed by atoms with Crippen molar-refractivity contribution >= 4 is 35.0 Å². The van der Waals surface area contributed by atoms with Crippen molar-refractivity contribution in [1.29, 1.82) is 0 Å². The minimum absolute atomic E-state index is 0.0580. The van der Waals surface area contributed by atoms with Gasteiger partial charge in [0.1, 0.15) is 0 Å². The lowest BCUT2D eigenvalue weighted by molar-refractivity contribution is -0.137. The zero-order chi connectivity index (χ0) is 16.2. The summed E-state index contributed by atoms with van der Waals surface area (Å²) in [4.78, 5) is 19.6. The third-order valence-corrected chi connectivity index (χ3v) is 3.55. The number of anilines is 1. The second kappa shape index (κ2) is 6.97. The lowest BCUT2D eigenvalue weighted by Crippen LogP contribution is -2.18. The first-order chi connectivity index (χ1) is 10.4. The molecule has 0 aliphatic heterocycles. The summed E-state index contributed by atoms with van der Waals surface area (Å²) in [7, 11) is 0. The maximum absolute atomic E-state index is 12.9. The third-order valence-electron chi connectivity index (χ3n) is 2.44. The Labute approximate surface area is 133 Å². The van der Waals surface area contributed by atoms with Gasteiger partial charge in [0, 0.05) is 17.4 Å². The molecule has 0 aliphatic carbocycles. The molecule has 0 bridgehead atoms. The first kappa shape index (κ1) is 16.6. The molecule has 0 fully saturated rings. The fraction of sp³-hybridized carbons (Fsp3) is 0.154. The van der Waals surface area contributed by atoms with Gasteiger partial charge >= 0.3 is 6.18 Å². The van der Waals surface area contributed by atoms with Gasteiger partial charge < -0.3 is 5.32 Å². The first-order valence-electron chi connectivity index (χ1n) is 5.92. The van der Waals surface area contributed by atoms with Crippen LogP contribution in [0.4, 0.5) is 18.9 Å². The van der Waals surface area contributed by atoms with Crippen LogP contribution in [0.15, 0.2) is 41.8 Å². The number of hydrogen-bond donors (Lipinski definition) is 1. The van der Waals surface area contributed by atoms with Crippen LogP contribution in [0.5, 0.6) is 0 Å². The predicted octanol–water partition coefficient (Wildman–Crippen LogP) is 3.88. The Balaban J connectivity index is 2.06. The van der Waals surface area contributed by atoms with Crippen molar-refractivity contribution in [2.75, 3.05) is 11.1 Å². The molecule has 1 amide bonds. The largest absolute Gasteiger partial charge is 0.418 e. The minimum Gasteiger partial charge on any atom is -0.325 e. The Bertz CT molecular complexity index is 667. The van der Waals surface area contributed by atoms with E-state index in [1.54, 1.807) is 6.07 Å². The van der Waals surface area contributed by atoms with E-state index in [9.17, 15) is 18.0 Å². The summed E-state index contributed by atoms with van der Waals surface area (Å²) >= 11 is 6.59. The van der Waals surface area contributed by atoms with Crippen LogP contribution in [0.3, 0.4) is 0 Å². The van der Waals surface area contributed by atoms with Crippen LogP contribution in [-0.2, 0) is 11.0 Å². The highest BCUT2D eigenvalue weighted by Gasteiger charge is 2.34. The van der Waals surface area contributed by atoms with Crippen molar-refractivity contribution in [3.05, 3.63) is 47.2 Å². The van der Waals surface area contributed by atoms with Crippen LogP contribution >= 0.6 is 23.4 Å². The number of thioether (sulfide) groups is 1. The van der Waals surface area contributed by atoms with Gasteiger partial charge in [-0.15, -0.1) is 0 Å². The Kier molecular flexibility index (Phi) is 5.25. The number of benzene rings is 1. The molecule has 2 rings (SSSR count). The Morgan fingerprint density at radius 3 is 2.59 bits per heavy atom. The number of nitrogens with zero attached hydrogens (tertiary/aromatic N) is 2. The van der Waals surface area contributed by atoms with Gasteiger partial charge in [-0.3, -0.25) is 4.79 Å². The standard InChI is InChI=1S/C13H9ClF3N3OS/c14-8-2-3-10(9(6-8)13(15,16)17)20-11(21)7-22-12-18-4-1-5-19-12/h1-6H,7H2,(H,20,21). The fourth-order valence-corrected chi connectivity index (χ4v) is 2.31. The molecule has 9 heteroatoms. The molecule has 0 aliphatic rings. The molecule has 1 N–H and O–H groups in total. The van der Waals surface area contributed by atoms with E-state index in [4.69, 9.17) is 11.6 Å². The van der Waals surface area contributed by atoms with Gasteiger partial charge in [-0.25, -0.2) is 9.97 Å². The lowest BCUT2D eigenvalue weighted by Gasteiger charge is -2.14. The van der Waals surface area contributed by atoms with E-state index >= 15 is 0 Å². The number of rotatable bonds is 4. The monoisotopic (exact) mass is 347 g/mol. The van der Waals surface area contributed by atoms with E-state index < -0.39 is 17.6 Å². The number of nitrogens with one attached hydrogen (secondary N) is 1. The quantitative estimate of drug-likeness (QED) is 0.673. The summed E-state index contributed by atoms with van der Waals surface area (Å²) in [5.41, 5.74) is -1.33. The molecular formula is C13H9ClF3N3OS. The molecule has 22 heavy (non-hydrogen) atoms. The highest BCUT2D eigenvalue weighted by Crippen LogP contribution is 2.36. The number of carbonyl (C=O) groups is 1. The number of halogens is 4.